The molecule has 0 aliphatic heterocycles. The van der Waals surface area contributed by atoms with E-state index in [1.807, 2.05) is 6.07 Å². The average Bonchev–Trinajstić information content (AvgIpc) is 2.28. The largest absolute Gasteiger partial charge is 0.324 e. The van der Waals surface area contributed by atoms with Crippen LogP contribution in [0.2, 0.25) is 0 Å². The van der Waals surface area contributed by atoms with Crippen molar-refractivity contribution in [3.63, 3.8) is 0 Å². The zero-order chi connectivity index (χ0) is 13.2. The predicted octanol–water partition coefficient (Wildman–Crippen LogP) is 2.23. The Morgan fingerprint density at radius 2 is 2.22 bits per heavy atom. The van der Waals surface area contributed by atoms with Gasteiger partial charge in [-0.1, -0.05) is 6.07 Å². The minimum Gasteiger partial charge on any atom is -0.324 e. The Morgan fingerprint density at radius 1 is 1.50 bits per heavy atom. The Morgan fingerprint density at radius 3 is 2.72 bits per heavy atom. The van der Waals surface area contributed by atoms with E-state index in [4.69, 9.17) is 5.26 Å². The number of anilines is 1. The van der Waals surface area contributed by atoms with E-state index in [1.54, 1.807) is 6.07 Å². The number of nitro benzene ring substituents is 1. The standard InChI is InChI=1S/C12H11N3O3/c13-8-12(5-2-6-12)11(16)14-9-3-1-4-10(7-9)15(17)18/h1,3-4,7H,2,5-6H2,(H,14,16). The number of amides is 1. The summed E-state index contributed by atoms with van der Waals surface area (Å²) in [5, 5.41) is 22.2. The molecule has 1 aromatic carbocycles. The van der Waals surface area contributed by atoms with E-state index in [2.05, 4.69) is 5.32 Å². The molecular weight excluding hydrogens is 234 g/mol. The van der Waals surface area contributed by atoms with Crippen molar-refractivity contribution in [2.45, 2.75) is 19.3 Å². The van der Waals surface area contributed by atoms with Crippen molar-refractivity contribution in [2.75, 3.05) is 5.32 Å². The van der Waals surface area contributed by atoms with E-state index < -0.39 is 10.3 Å². The molecule has 2 rings (SSSR count). The summed E-state index contributed by atoms with van der Waals surface area (Å²) >= 11 is 0. The third-order valence-electron chi connectivity index (χ3n) is 3.17. The number of nitrogens with zero attached hydrogens (tertiary/aromatic N) is 2. The van der Waals surface area contributed by atoms with Crippen LogP contribution in [0.5, 0.6) is 0 Å². The number of nitro groups is 1. The first-order valence-corrected chi connectivity index (χ1v) is 5.54. The van der Waals surface area contributed by atoms with Gasteiger partial charge in [-0.25, -0.2) is 0 Å². The highest BCUT2D eigenvalue weighted by Gasteiger charge is 2.44. The summed E-state index contributed by atoms with van der Waals surface area (Å²) in [6.45, 7) is 0. The molecule has 0 unspecified atom stereocenters. The number of nitrogens with one attached hydrogen (secondary N) is 1. The van der Waals surface area contributed by atoms with Crippen LogP contribution in [0.25, 0.3) is 0 Å². The third-order valence-corrected chi connectivity index (χ3v) is 3.17. The zero-order valence-electron chi connectivity index (χ0n) is 9.55. The van der Waals surface area contributed by atoms with Gasteiger partial charge in [-0.2, -0.15) is 5.26 Å². The van der Waals surface area contributed by atoms with Crippen molar-refractivity contribution in [3.05, 3.63) is 34.4 Å². The first kappa shape index (κ1) is 12.0. The minimum absolute atomic E-state index is 0.0904. The molecule has 0 bridgehead atoms. The number of benzene rings is 1. The number of rotatable bonds is 3. The molecule has 0 spiro atoms. The number of hydrogen-bond donors (Lipinski definition) is 1. The number of non-ortho nitro benzene ring substituents is 1. The van der Waals surface area contributed by atoms with Gasteiger partial charge in [0.1, 0.15) is 5.41 Å². The number of carbonyl (C=O) groups excluding carboxylic acids is 1. The van der Waals surface area contributed by atoms with Crippen molar-refractivity contribution in [2.24, 2.45) is 5.41 Å². The van der Waals surface area contributed by atoms with Crippen molar-refractivity contribution in [1.29, 1.82) is 5.26 Å². The molecule has 1 N–H and O–H groups in total. The molecule has 1 amide bonds. The van der Waals surface area contributed by atoms with Gasteiger partial charge in [0.05, 0.1) is 11.0 Å². The van der Waals surface area contributed by atoms with Crippen LogP contribution < -0.4 is 5.32 Å². The van der Waals surface area contributed by atoms with E-state index in [0.29, 0.717) is 18.5 Å². The second-order valence-electron chi connectivity index (χ2n) is 4.31. The van der Waals surface area contributed by atoms with Gasteiger partial charge >= 0.3 is 0 Å². The quantitative estimate of drug-likeness (QED) is 0.652. The lowest BCUT2D eigenvalue weighted by Crippen LogP contribution is -2.40. The number of carbonyl (C=O) groups is 1. The Kier molecular flexibility index (Phi) is 2.98. The van der Waals surface area contributed by atoms with Crippen LogP contribution >= 0.6 is 0 Å². The fourth-order valence-corrected chi connectivity index (χ4v) is 1.87. The molecule has 1 fully saturated rings. The Labute approximate surface area is 103 Å². The van der Waals surface area contributed by atoms with Crippen molar-refractivity contribution < 1.29 is 9.72 Å². The molecule has 18 heavy (non-hydrogen) atoms. The van der Waals surface area contributed by atoms with Gasteiger partial charge in [-0.15, -0.1) is 0 Å². The summed E-state index contributed by atoms with van der Waals surface area (Å²) in [5.41, 5.74) is -0.701. The fourth-order valence-electron chi connectivity index (χ4n) is 1.87. The van der Waals surface area contributed by atoms with Crippen molar-refractivity contribution in [3.8, 4) is 6.07 Å². The number of hydrogen-bond acceptors (Lipinski definition) is 4. The van der Waals surface area contributed by atoms with Crippen LogP contribution in [-0.4, -0.2) is 10.8 Å². The fraction of sp³-hybridized carbons (Fsp3) is 0.333. The lowest BCUT2D eigenvalue weighted by molar-refractivity contribution is -0.384. The second-order valence-corrected chi connectivity index (χ2v) is 4.31. The van der Waals surface area contributed by atoms with Crippen LogP contribution in [0.15, 0.2) is 24.3 Å². The normalized spacial score (nSPS) is 16.2. The maximum Gasteiger partial charge on any atom is 0.271 e. The van der Waals surface area contributed by atoms with E-state index in [-0.39, 0.29) is 11.6 Å². The first-order chi connectivity index (χ1) is 8.57. The molecule has 0 heterocycles. The van der Waals surface area contributed by atoms with Crippen LogP contribution in [-0.2, 0) is 4.79 Å². The molecule has 1 aliphatic rings. The Hall–Kier alpha value is -2.42. The molecule has 1 aromatic rings. The van der Waals surface area contributed by atoms with Gasteiger partial charge in [0.2, 0.25) is 5.91 Å². The van der Waals surface area contributed by atoms with Gasteiger partial charge in [0, 0.05) is 17.8 Å². The van der Waals surface area contributed by atoms with Crippen LogP contribution in [0.4, 0.5) is 11.4 Å². The lowest BCUT2D eigenvalue weighted by atomic mass is 9.69. The smallest absolute Gasteiger partial charge is 0.271 e. The summed E-state index contributed by atoms with van der Waals surface area (Å²) in [7, 11) is 0. The van der Waals surface area contributed by atoms with E-state index in [0.717, 1.165) is 6.42 Å². The molecule has 0 saturated heterocycles. The predicted molar refractivity (Wildman–Crippen MR) is 63.6 cm³/mol. The molecule has 1 saturated carbocycles. The molecule has 1 aliphatic carbocycles. The summed E-state index contributed by atoms with van der Waals surface area (Å²) < 4.78 is 0. The number of nitriles is 1. The monoisotopic (exact) mass is 245 g/mol. The van der Waals surface area contributed by atoms with E-state index in [9.17, 15) is 14.9 Å². The van der Waals surface area contributed by atoms with Gasteiger partial charge < -0.3 is 5.32 Å². The molecule has 0 radical (unpaired) electrons. The highest BCUT2D eigenvalue weighted by molar-refractivity contribution is 5.98. The van der Waals surface area contributed by atoms with Gasteiger partial charge in [0.25, 0.3) is 5.69 Å². The lowest BCUT2D eigenvalue weighted by Gasteiger charge is -2.33. The molecule has 6 heteroatoms. The Balaban J connectivity index is 2.15. The summed E-state index contributed by atoms with van der Waals surface area (Å²) in [4.78, 5) is 22.0. The minimum atomic E-state index is -0.954. The molecule has 92 valence electrons. The van der Waals surface area contributed by atoms with E-state index >= 15 is 0 Å². The van der Waals surface area contributed by atoms with Gasteiger partial charge in [0.15, 0.2) is 0 Å². The average molecular weight is 245 g/mol. The first-order valence-electron chi connectivity index (χ1n) is 5.54. The topological polar surface area (TPSA) is 96.0 Å². The second kappa shape index (κ2) is 4.45. The summed E-state index contributed by atoms with van der Waals surface area (Å²) in [5.74, 6) is -0.378. The third kappa shape index (κ3) is 2.02. The molecule has 6 nitrogen and oxygen atoms in total. The van der Waals surface area contributed by atoms with Crippen LogP contribution in [0.3, 0.4) is 0 Å². The SMILES string of the molecule is N#CC1(C(=O)Nc2cccc([N+](=O)[O-])c2)CCC1. The summed E-state index contributed by atoms with van der Waals surface area (Å²) in [6.07, 6.45) is 1.95. The van der Waals surface area contributed by atoms with Crippen molar-refractivity contribution in [1.82, 2.24) is 0 Å². The van der Waals surface area contributed by atoms with Gasteiger partial charge in [-0.3, -0.25) is 14.9 Å². The zero-order valence-corrected chi connectivity index (χ0v) is 9.55. The maximum absolute atomic E-state index is 11.9. The molecule has 0 aromatic heterocycles. The maximum atomic E-state index is 11.9. The van der Waals surface area contributed by atoms with E-state index in [1.165, 1.54) is 18.2 Å². The molecule has 0 atom stereocenters. The highest BCUT2D eigenvalue weighted by atomic mass is 16.6. The molecular formula is C12H11N3O3. The van der Waals surface area contributed by atoms with Crippen molar-refractivity contribution >= 4 is 17.3 Å². The highest BCUT2D eigenvalue weighted by Crippen LogP contribution is 2.41. The summed E-state index contributed by atoms with van der Waals surface area (Å²) in [6, 6.07) is 7.71. The van der Waals surface area contributed by atoms with Crippen LogP contribution in [0.1, 0.15) is 19.3 Å². The van der Waals surface area contributed by atoms with Crippen LogP contribution in [0, 0.1) is 26.9 Å². The van der Waals surface area contributed by atoms with Gasteiger partial charge in [-0.05, 0) is 25.3 Å². The Bertz CT molecular complexity index is 544.